The van der Waals surface area contributed by atoms with Crippen molar-refractivity contribution < 1.29 is 13.9 Å². The zero-order valence-corrected chi connectivity index (χ0v) is 9.56. The lowest BCUT2D eigenvalue weighted by Crippen LogP contribution is -2.20. The highest BCUT2D eigenvalue weighted by Crippen LogP contribution is 2.23. The fourth-order valence-electron chi connectivity index (χ4n) is 1.75. The Balaban J connectivity index is 2.59. The molecule has 4 nitrogen and oxygen atoms in total. The largest absolute Gasteiger partial charge is 0.394 e. The summed E-state index contributed by atoms with van der Waals surface area (Å²) in [7, 11) is 0. The van der Waals surface area contributed by atoms with E-state index in [2.05, 4.69) is 10.3 Å². The molecule has 0 aliphatic rings. The second-order valence-electron chi connectivity index (χ2n) is 4.28. The Labute approximate surface area is 96.9 Å². The van der Waals surface area contributed by atoms with Crippen LogP contribution in [0.1, 0.15) is 19.9 Å². The Morgan fingerprint density at radius 1 is 1.29 bits per heavy atom. The molecule has 0 bridgehead atoms. The highest BCUT2D eigenvalue weighted by molar-refractivity contribution is 5.74. The van der Waals surface area contributed by atoms with Crippen LogP contribution in [0, 0.1) is 17.6 Å². The van der Waals surface area contributed by atoms with E-state index in [-0.39, 0.29) is 24.1 Å². The Morgan fingerprint density at radius 2 is 1.94 bits per heavy atom. The first kappa shape index (κ1) is 11.9. The van der Waals surface area contributed by atoms with E-state index in [1.165, 1.54) is 4.68 Å². The first-order chi connectivity index (χ1) is 8.04. The highest BCUT2D eigenvalue weighted by atomic mass is 19.2. The molecule has 1 aromatic carbocycles. The molecule has 1 aromatic heterocycles. The van der Waals surface area contributed by atoms with Crippen LogP contribution in [0.3, 0.4) is 0 Å². The summed E-state index contributed by atoms with van der Waals surface area (Å²) in [5.41, 5.74) is 0.666. The fraction of sp³-hybridized carbons (Fsp3) is 0.455. The van der Waals surface area contributed by atoms with Crippen molar-refractivity contribution in [2.75, 3.05) is 6.61 Å². The number of aromatic nitrogens is 3. The van der Waals surface area contributed by atoms with E-state index >= 15 is 0 Å². The molecule has 0 spiro atoms. The van der Waals surface area contributed by atoms with Crippen molar-refractivity contribution in [3.63, 3.8) is 0 Å². The SMILES string of the molecule is CC(C)C(CO)n1nnc2cc(F)c(F)cc21. The summed E-state index contributed by atoms with van der Waals surface area (Å²) >= 11 is 0. The second-order valence-corrected chi connectivity index (χ2v) is 4.28. The second kappa shape index (κ2) is 4.37. The van der Waals surface area contributed by atoms with E-state index in [4.69, 9.17) is 0 Å². The van der Waals surface area contributed by atoms with Gasteiger partial charge in [0.1, 0.15) is 5.52 Å². The molecule has 0 amide bonds. The van der Waals surface area contributed by atoms with Gasteiger partial charge >= 0.3 is 0 Å². The minimum atomic E-state index is -0.949. The van der Waals surface area contributed by atoms with Crippen LogP contribution in [0.5, 0.6) is 0 Å². The van der Waals surface area contributed by atoms with Crippen molar-refractivity contribution in [2.45, 2.75) is 19.9 Å². The molecule has 0 aliphatic heterocycles. The summed E-state index contributed by atoms with van der Waals surface area (Å²) in [5.74, 6) is -1.78. The number of rotatable bonds is 3. The predicted molar refractivity (Wildman–Crippen MR) is 58.4 cm³/mol. The molecule has 1 unspecified atom stereocenters. The van der Waals surface area contributed by atoms with Crippen LogP contribution in [0.25, 0.3) is 11.0 Å². The third-order valence-corrected chi connectivity index (χ3v) is 2.78. The maximum absolute atomic E-state index is 13.2. The van der Waals surface area contributed by atoms with Crippen molar-refractivity contribution in [1.82, 2.24) is 15.0 Å². The summed E-state index contributed by atoms with van der Waals surface area (Å²) in [5, 5.41) is 16.9. The van der Waals surface area contributed by atoms with Gasteiger partial charge in [-0.3, -0.25) is 0 Å². The van der Waals surface area contributed by atoms with E-state index in [0.717, 1.165) is 12.1 Å². The molecule has 17 heavy (non-hydrogen) atoms. The fourth-order valence-corrected chi connectivity index (χ4v) is 1.75. The van der Waals surface area contributed by atoms with Gasteiger partial charge in [-0.2, -0.15) is 0 Å². The molecule has 0 aliphatic carbocycles. The van der Waals surface area contributed by atoms with Gasteiger partial charge in [0.05, 0.1) is 18.2 Å². The Morgan fingerprint density at radius 3 is 2.53 bits per heavy atom. The van der Waals surface area contributed by atoms with Crippen molar-refractivity contribution in [3.8, 4) is 0 Å². The summed E-state index contributed by atoms with van der Waals surface area (Å²) < 4.78 is 27.6. The molecule has 1 atom stereocenters. The van der Waals surface area contributed by atoms with Crippen LogP contribution in [0.4, 0.5) is 8.78 Å². The van der Waals surface area contributed by atoms with Crippen LogP contribution in [-0.2, 0) is 0 Å². The van der Waals surface area contributed by atoms with Gasteiger partial charge in [-0.25, -0.2) is 13.5 Å². The van der Waals surface area contributed by atoms with Gasteiger partial charge in [-0.1, -0.05) is 19.1 Å². The van der Waals surface area contributed by atoms with Gasteiger partial charge in [-0.05, 0) is 5.92 Å². The number of fused-ring (bicyclic) bond motifs is 1. The van der Waals surface area contributed by atoms with Crippen LogP contribution in [0.2, 0.25) is 0 Å². The van der Waals surface area contributed by atoms with Crippen LogP contribution in [-0.4, -0.2) is 26.7 Å². The van der Waals surface area contributed by atoms with E-state index < -0.39 is 11.6 Å². The zero-order chi connectivity index (χ0) is 12.6. The van der Waals surface area contributed by atoms with Gasteiger partial charge in [0.25, 0.3) is 0 Å². The number of nitrogens with zero attached hydrogens (tertiary/aromatic N) is 3. The molecular weight excluding hydrogens is 228 g/mol. The number of aliphatic hydroxyl groups excluding tert-OH is 1. The van der Waals surface area contributed by atoms with Crippen LogP contribution >= 0.6 is 0 Å². The topological polar surface area (TPSA) is 50.9 Å². The van der Waals surface area contributed by atoms with E-state index in [9.17, 15) is 13.9 Å². The Bertz CT molecular complexity index is 539. The summed E-state index contributed by atoms with van der Waals surface area (Å²) in [6, 6.07) is 1.75. The number of halogens is 2. The average Bonchev–Trinajstić information content (AvgIpc) is 2.63. The lowest BCUT2D eigenvalue weighted by Gasteiger charge is -2.18. The minimum absolute atomic E-state index is 0.109. The number of hydrogen-bond acceptors (Lipinski definition) is 3. The highest BCUT2D eigenvalue weighted by Gasteiger charge is 2.19. The van der Waals surface area contributed by atoms with E-state index in [1.54, 1.807) is 0 Å². The molecule has 2 rings (SSSR count). The molecular formula is C11H13F2N3O. The molecule has 2 aromatic rings. The van der Waals surface area contributed by atoms with Gasteiger partial charge < -0.3 is 5.11 Å². The summed E-state index contributed by atoms with van der Waals surface area (Å²) in [4.78, 5) is 0. The maximum Gasteiger partial charge on any atom is 0.161 e. The van der Waals surface area contributed by atoms with Crippen molar-refractivity contribution >= 4 is 11.0 Å². The summed E-state index contributed by atoms with van der Waals surface area (Å²) in [6.07, 6.45) is 0. The number of hydrogen-bond donors (Lipinski definition) is 1. The standard InChI is InChI=1S/C11H13F2N3O/c1-6(2)11(5-17)16-10-4-8(13)7(12)3-9(10)14-15-16/h3-4,6,11,17H,5H2,1-2H3. The van der Waals surface area contributed by atoms with Crippen LogP contribution < -0.4 is 0 Å². The van der Waals surface area contributed by atoms with Gasteiger partial charge in [0.15, 0.2) is 11.6 Å². The van der Waals surface area contributed by atoms with Gasteiger partial charge in [0, 0.05) is 12.1 Å². The quantitative estimate of drug-likeness (QED) is 0.892. The van der Waals surface area contributed by atoms with Crippen molar-refractivity contribution in [3.05, 3.63) is 23.8 Å². The Kier molecular flexibility index (Phi) is 3.06. The smallest absolute Gasteiger partial charge is 0.161 e. The molecule has 6 heteroatoms. The average molecular weight is 241 g/mol. The van der Waals surface area contributed by atoms with Crippen LogP contribution in [0.15, 0.2) is 12.1 Å². The third-order valence-electron chi connectivity index (χ3n) is 2.78. The number of aliphatic hydroxyl groups is 1. The monoisotopic (exact) mass is 241 g/mol. The minimum Gasteiger partial charge on any atom is -0.394 e. The molecule has 0 saturated heterocycles. The predicted octanol–water partition coefficient (Wildman–Crippen LogP) is 1.90. The van der Waals surface area contributed by atoms with Gasteiger partial charge in [-0.15, -0.1) is 5.10 Å². The van der Waals surface area contributed by atoms with E-state index in [0.29, 0.717) is 5.52 Å². The molecule has 1 heterocycles. The maximum atomic E-state index is 13.2. The first-order valence-electron chi connectivity index (χ1n) is 5.35. The zero-order valence-electron chi connectivity index (χ0n) is 9.56. The van der Waals surface area contributed by atoms with Gasteiger partial charge in [0.2, 0.25) is 0 Å². The van der Waals surface area contributed by atoms with Crippen molar-refractivity contribution in [1.29, 1.82) is 0 Å². The molecule has 0 saturated carbocycles. The molecule has 0 fully saturated rings. The first-order valence-corrected chi connectivity index (χ1v) is 5.35. The third kappa shape index (κ3) is 2.00. The lowest BCUT2D eigenvalue weighted by molar-refractivity contribution is 0.184. The van der Waals surface area contributed by atoms with E-state index in [1.807, 2.05) is 13.8 Å². The molecule has 0 radical (unpaired) electrons. The molecule has 92 valence electrons. The molecule has 1 N–H and O–H groups in total. The Hall–Kier alpha value is -1.56. The normalized spacial score (nSPS) is 13.5. The number of benzene rings is 1. The lowest BCUT2D eigenvalue weighted by atomic mass is 10.1. The van der Waals surface area contributed by atoms with Crippen molar-refractivity contribution in [2.24, 2.45) is 5.92 Å². The summed E-state index contributed by atoms with van der Waals surface area (Å²) in [6.45, 7) is 3.69.